The molecule has 1 aromatic rings. The molecule has 0 atom stereocenters. The molecule has 0 unspecified atom stereocenters. The highest BCUT2D eigenvalue weighted by Crippen LogP contribution is 2.25. The van der Waals surface area contributed by atoms with Crippen molar-refractivity contribution >= 4 is 15.9 Å². The monoisotopic (exact) mass is 366 g/mol. The van der Waals surface area contributed by atoms with Crippen LogP contribution >= 0.6 is 0 Å². The third kappa shape index (κ3) is 4.61. The SMILES string of the molecule is Cc1ccc(C(C)C)cc1S(=O)(=O)N1CCN(C(=O)CC(C)C)CC1. The lowest BCUT2D eigenvalue weighted by molar-refractivity contribution is -0.133. The normalized spacial score (nSPS) is 16.7. The Morgan fingerprint density at radius 3 is 2.20 bits per heavy atom. The summed E-state index contributed by atoms with van der Waals surface area (Å²) in [7, 11) is -3.53. The third-order valence-corrected chi connectivity index (χ3v) is 6.71. The minimum Gasteiger partial charge on any atom is -0.340 e. The molecule has 0 N–H and O–H groups in total. The Morgan fingerprint density at radius 2 is 1.68 bits per heavy atom. The van der Waals surface area contributed by atoms with E-state index in [1.807, 2.05) is 32.9 Å². The maximum atomic E-state index is 13.1. The molecule has 1 heterocycles. The van der Waals surface area contributed by atoms with Crippen molar-refractivity contribution in [2.24, 2.45) is 5.92 Å². The van der Waals surface area contributed by atoms with E-state index in [9.17, 15) is 13.2 Å². The topological polar surface area (TPSA) is 57.7 Å². The minimum absolute atomic E-state index is 0.116. The number of carbonyl (C=O) groups is 1. The van der Waals surface area contributed by atoms with Gasteiger partial charge in [0.1, 0.15) is 0 Å². The lowest BCUT2D eigenvalue weighted by atomic mass is 10.0. The van der Waals surface area contributed by atoms with Crippen LogP contribution in [0, 0.1) is 12.8 Å². The van der Waals surface area contributed by atoms with Crippen molar-refractivity contribution < 1.29 is 13.2 Å². The quantitative estimate of drug-likeness (QED) is 0.805. The van der Waals surface area contributed by atoms with E-state index in [-0.39, 0.29) is 11.8 Å². The number of carbonyl (C=O) groups excluding carboxylic acids is 1. The van der Waals surface area contributed by atoms with E-state index >= 15 is 0 Å². The average Bonchev–Trinajstić information content (AvgIpc) is 2.54. The largest absolute Gasteiger partial charge is 0.340 e. The summed E-state index contributed by atoms with van der Waals surface area (Å²) in [6.07, 6.45) is 0.516. The first-order valence-corrected chi connectivity index (χ1v) is 10.5. The fraction of sp³-hybridized carbons (Fsp3) is 0.632. The van der Waals surface area contributed by atoms with Gasteiger partial charge < -0.3 is 4.90 Å². The van der Waals surface area contributed by atoms with E-state index < -0.39 is 10.0 Å². The van der Waals surface area contributed by atoms with Crippen LogP contribution in [0.3, 0.4) is 0 Å². The van der Waals surface area contributed by atoms with Crippen LogP contribution < -0.4 is 0 Å². The van der Waals surface area contributed by atoms with E-state index in [4.69, 9.17) is 0 Å². The summed E-state index contributed by atoms with van der Waals surface area (Å²) in [6.45, 7) is 11.6. The first-order valence-electron chi connectivity index (χ1n) is 9.01. The molecule has 6 heteroatoms. The highest BCUT2D eigenvalue weighted by atomic mass is 32.2. The zero-order valence-electron chi connectivity index (χ0n) is 15.9. The predicted molar refractivity (Wildman–Crippen MR) is 100 cm³/mol. The molecule has 1 fully saturated rings. The van der Waals surface area contributed by atoms with Gasteiger partial charge in [-0.25, -0.2) is 8.42 Å². The Morgan fingerprint density at radius 1 is 1.08 bits per heavy atom. The van der Waals surface area contributed by atoms with Crippen molar-refractivity contribution in [3.63, 3.8) is 0 Å². The molecule has 0 aromatic heterocycles. The summed E-state index contributed by atoms with van der Waals surface area (Å²) >= 11 is 0. The van der Waals surface area contributed by atoms with Crippen molar-refractivity contribution in [2.75, 3.05) is 26.2 Å². The molecule has 25 heavy (non-hydrogen) atoms. The number of sulfonamides is 1. The van der Waals surface area contributed by atoms with E-state index in [1.54, 1.807) is 11.0 Å². The fourth-order valence-corrected chi connectivity index (χ4v) is 4.73. The number of hydrogen-bond donors (Lipinski definition) is 0. The first kappa shape index (κ1) is 19.9. The number of nitrogens with zero attached hydrogens (tertiary/aromatic N) is 2. The van der Waals surface area contributed by atoms with E-state index in [0.717, 1.165) is 11.1 Å². The number of piperazine rings is 1. The molecule has 1 aliphatic heterocycles. The smallest absolute Gasteiger partial charge is 0.243 e. The van der Waals surface area contributed by atoms with Crippen molar-refractivity contribution in [2.45, 2.75) is 51.9 Å². The molecule has 1 aromatic carbocycles. The van der Waals surface area contributed by atoms with Crippen LogP contribution in [-0.4, -0.2) is 49.7 Å². The van der Waals surface area contributed by atoms with Crippen molar-refractivity contribution in [1.82, 2.24) is 9.21 Å². The number of hydrogen-bond acceptors (Lipinski definition) is 3. The molecule has 1 amide bonds. The predicted octanol–water partition coefficient (Wildman–Crippen LogP) is 3.00. The molecule has 5 nitrogen and oxygen atoms in total. The van der Waals surface area contributed by atoms with Crippen LogP contribution in [0.4, 0.5) is 0 Å². The van der Waals surface area contributed by atoms with Crippen molar-refractivity contribution in [3.8, 4) is 0 Å². The molecule has 140 valence electrons. The van der Waals surface area contributed by atoms with E-state index in [1.165, 1.54) is 4.31 Å². The highest BCUT2D eigenvalue weighted by molar-refractivity contribution is 7.89. The van der Waals surface area contributed by atoms with Crippen LogP contribution in [0.1, 0.15) is 51.2 Å². The van der Waals surface area contributed by atoms with Crippen LogP contribution in [0.15, 0.2) is 23.1 Å². The maximum absolute atomic E-state index is 13.1. The summed E-state index contributed by atoms with van der Waals surface area (Å²) < 4.78 is 27.6. The summed E-state index contributed by atoms with van der Waals surface area (Å²) in [5.74, 6) is 0.709. The van der Waals surface area contributed by atoms with Gasteiger partial charge in [0.15, 0.2) is 0 Å². The summed E-state index contributed by atoms with van der Waals surface area (Å²) in [5, 5.41) is 0. The van der Waals surface area contributed by atoms with Gasteiger partial charge in [0.25, 0.3) is 0 Å². The standard InChI is InChI=1S/C19H30N2O3S/c1-14(2)12-19(22)20-8-10-21(11-9-20)25(23,24)18-13-17(15(3)4)7-6-16(18)5/h6-7,13-15H,8-12H2,1-5H3. The Labute approximate surface area is 152 Å². The molecule has 1 saturated heterocycles. The average molecular weight is 367 g/mol. The van der Waals surface area contributed by atoms with Gasteiger partial charge in [-0.15, -0.1) is 0 Å². The number of benzene rings is 1. The van der Waals surface area contributed by atoms with Crippen molar-refractivity contribution in [1.29, 1.82) is 0 Å². The number of aryl methyl sites for hydroxylation is 1. The minimum atomic E-state index is -3.53. The van der Waals surface area contributed by atoms with Gasteiger partial charge in [0, 0.05) is 32.6 Å². The molecule has 0 saturated carbocycles. The van der Waals surface area contributed by atoms with Gasteiger partial charge >= 0.3 is 0 Å². The maximum Gasteiger partial charge on any atom is 0.243 e. The second-order valence-corrected chi connectivity index (χ2v) is 9.47. The second kappa shape index (κ2) is 7.87. The van der Waals surface area contributed by atoms with Crippen LogP contribution in [0.5, 0.6) is 0 Å². The summed E-state index contributed by atoms with van der Waals surface area (Å²) in [6, 6.07) is 5.66. The van der Waals surface area contributed by atoms with Crippen LogP contribution in [-0.2, 0) is 14.8 Å². The van der Waals surface area contributed by atoms with Gasteiger partial charge in [-0.1, -0.05) is 39.8 Å². The lowest BCUT2D eigenvalue weighted by Gasteiger charge is -2.34. The highest BCUT2D eigenvalue weighted by Gasteiger charge is 2.31. The van der Waals surface area contributed by atoms with Gasteiger partial charge in [-0.3, -0.25) is 4.79 Å². The molecule has 0 radical (unpaired) electrons. The summed E-state index contributed by atoms with van der Waals surface area (Å²) in [5.41, 5.74) is 1.79. The van der Waals surface area contributed by atoms with Crippen LogP contribution in [0.25, 0.3) is 0 Å². The third-order valence-electron chi connectivity index (χ3n) is 4.67. The zero-order chi connectivity index (χ0) is 18.8. The van der Waals surface area contributed by atoms with Gasteiger partial charge in [-0.05, 0) is 36.0 Å². The zero-order valence-corrected chi connectivity index (χ0v) is 16.8. The lowest BCUT2D eigenvalue weighted by Crippen LogP contribution is -2.50. The summed E-state index contributed by atoms with van der Waals surface area (Å²) in [4.78, 5) is 14.3. The van der Waals surface area contributed by atoms with Gasteiger partial charge in [0.2, 0.25) is 15.9 Å². The number of rotatable bonds is 5. The Hall–Kier alpha value is -1.40. The van der Waals surface area contributed by atoms with Crippen LogP contribution in [0.2, 0.25) is 0 Å². The van der Waals surface area contributed by atoms with Crippen molar-refractivity contribution in [3.05, 3.63) is 29.3 Å². The van der Waals surface area contributed by atoms with Gasteiger partial charge in [0.05, 0.1) is 4.90 Å². The number of amides is 1. The Kier molecular flexibility index (Phi) is 6.27. The molecule has 0 bridgehead atoms. The first-order chi connectivity index (χ1) is 11.6. The molecule has 2 rings (SSSR count). The molecule has 0 aliphatic carbocycles. The molecular formula is C19H30N2O3S. The van der Waals surface area contributed by atoms with E-state index in [0.29, 0.717) is 43.4 Å². The molecular weight excluding hydrogens is 336 g/mol. The fourth-order valence-electron chi connectivity index (χ4n) is 3.05. The second-order valence-electron chi connectivity index (χ2n) is 7.56. The molecule has 1 aliphatic rings. The van der Waals surface area contributed by atoms with Gasteiger partial charge in [-0.2, -0.15) is 4.31 Å². The Balaban J connectivity index is 2.15. The van der Waals surface area contributed by atoms with E-state index in [2.05, 4.69) is 13.8 Å². The Bertz CT molecular complexity index is 718. The molecule has 0 spiro atoms.